The maximum Gasteiger partial charge on any atom is 0.416 e. The lowest BCUT2D eigenvalue weighted by Gasteiger charge is -2.32. The van der Waals surface area contributed by atoms with Gasteiger partial charge in [-0.15, -0.1) is 0 Å². The van der Waals surface area contributed by atoms with Crippen molar-refractivity contribution >= 4 is 0 Å². The Hall–Kier alpha value is -1.15. The Morgan fingerprint density at radius 3 is 2.50 bits per heavy atom. The third-order valence-electron chi connectivity index (χ3n) is 3.23. The summed E-state index contributed by atoms with van der Waals surface area (Å²) in [6.07, 6.45) is -4.38. The minimum absolute atomic E-state index is 0.0877. The molecule has 0 bridgehead atoms. The van der Waals surface area contributed by atoms with E-state index < -0.39 is 17.8 Å². The van der Waals surface area contributed by atoms with Crippen LogP contribution in [-0.4, -0.2) is 37.9 Å². The van der Waals surface area contributed by atoms with Crippen molar-refractivity contribution in [3.8, 4) is 0 Å². The Morgan fingerprint density at radius 1 is 1.25 bits per heavy atom. The van der Waals surface area contributed by atoms with E-state index in [-0.39, 0.29) is 12.1 Å². The highest BCUT2D eigenvalue weighted by molar-refractivity contribution is 5.32. The number of hydrazine groups is 1. The van der Waals surface area contributed by atoms with Crippen LogP contribution in [0.1, 0.15) is 17.2 Å². The van der Waals surface area contributed by atoms with Crippen LogP contribution in [0.4, 0.5) is 13.2 Å². The quantitative estimate of drug-likeness (QED) is 0.883. The van der Waals surface area contributed by atoms with E-state index in [1.807, 2.05) is 5.01 Å². The summed E-state index contributed by atoms with van der Waals surface area (Å²) < 4.78 is 44.3. The van der Waals surface area contributed by atoms with Crippen LogP contribution in [0.2, 0.25) is 0 Å². The SMILES string of the molecule is NCC(NN1CCOCC1)c1ccccc1C(F)(F)F. The van der Waals surface area contributed by atoms with E-state index in [0.29, 0.717) is 26.3 Å². The number of ether oxygens (including phenoxy) is 1. The molecular formula is C13H18F3N3O. The van der Waals surface area contributed by atoms with Gasteiger partial charge in [0.2, 0.25) is 0 Å². The molecule has 0 saturated carbocycles. The summed E-state index contributed by atoms with van der Waals surface area (Å²) >= 11 is 0. The van der Waals surface area contributed by atoms with Crippen molar-refractivity contribution in [2.45, 2.75) is 12.2 Å². The first-order chi connectivity index (χ1) is 9.52. The van der Waals surface area contributed by atoms with Gasteiger partial charge in [0.1, 0.15) is 0 Å². The fraction of sp³-hybridized carbons (Fsp3) is 0.538. The third-order valence-corrected chi connectivity index (χ3v) is 3.23. The number of alkyl halides is 3. The average molecular weight is 289 g/mol. The van der Waals surface area contributed by atoms with Crippen molar-refractivity contribution in [1.82, 2.24) is 10.4 Å². The van der Waals surface area contributed by atoms with Gasteiger partial charge in [-0.05, 0) is 11.6 Å². The van der Waals surface area contributed by atoms with Gasteiger partial charge < -0.3 is 10.5 Å². The molecule has 1 heterocycles. The Kier molecular flexibility index (Phi) is 4.98. The summed E-state index contributed by atoms with van der Waals surface area (Å²) in [7, 11) is 0. The molecule has 1 aromatic rings. The molecule has 1 saturated heterocycles. The van der Waals surface area contributed by atoms with E-state index in [2.05, 4.69) is 5.43 Å². The van der Waals surface area contributed by atoms with Gasteiger partial charge in [-0.1, -0.05) is 18.2 Å². The summed E-state index contributed by atoms with van der Waals surface area (Å²) in [5.41, 5.74) is 8.24. The van der Waals surface area contributed by atoms with Crippen LogP contribution < -0.4 is 11.2 Å². The second kappa shape index (κ2) is 6.53. The van der Waals surface area contributed by atoms with E-state index in [1.165, 1.54) is 12.1 Å². The molecule has 1 fully saturated rings. The number of nitrogens with one attached hydrogen (secondary N) is 1. The zero-order valence-electron chi connectivity index (χ0n) is 11.0. The number of nitrogens with zero attached hydrogens (tertiary/aromatic N) is 1. The lowest BCUT2D eigenvalue weighted by molar-refractivity contribution is -0.138. The number of hydrogen-bond donors (Lipinski definition) is 2. The van der Waals surface area contributed by atoms with Gasteiger partial charge in [0.05, 0.1) is 24.8 Å². The highest BCUT2D eigenvalue weighted by Gasteiger charge is 2.35. The topological polar surface area (TPSA) is 50.5 Å². The Bertz CT molecular complexity index is 433. The highest BCUT2D eigenvalue weighted by Crippen LogP contribution is 2.34. The van der Waals surface area contributed by atoms with Crippen LogP contribution in [0.15, 0.2) is 24.3 Å². The predicted molar refractivity (Wildman–Crippen MR) is 68.8 cm³/mol. The van der Waals surface area contributed by atoms with Crippen LogP contribution in [0.3, 0.4) is 0 Å². The fourth-order valence-corrected chi connectivity index (χ4v) is 2.22. The van der Waals surface area contributed by atoms with Crippen molar-refractivity contribution in [3.63, 3.8) is 0 Å². The summed E-state index contributed by atoms with van der Waals surface area (Å²) in [6, 6.07) is 4.96. The lowest BCUT2D eigenvalue weighted by atomic mass is 10.0. The number of morpholine rings is 1. The number of benzene rings is 1. The highest BCUT2D eigenvalue weighted by atomic mass is 19.4. The number of rotatable bonds is 4. The fourth-order valence-electron chi connectivity index (χ4n) is 2.22. The Morgan fingerprint density at radius 2 is 1.90 bits per heavy atom. The molecule has 3 N–H and O–H groups in total. The van der Waals surface area contributed by atoms with E-state index in [4.69, 9.17) is 10.5 Å². The van der Waals surface area contributed by atoms with Crippen molar-refractivity contribution in [2.75, 3.05) is 32.8 Å². The Balaban J connectivity index is 2.18. The lowest BCUT2D eigenvalue weighted by Crippen LogP contribution is -2.49. The van der Waals surface area contributed by atoms with Crippen molar-refractivity contribution in [1.29, 1.82) is 0 Å². The zero-order chi connectivity index (χ0) is 14.6. The maximum atomic E-state index is 13.0. The molecule has 1 aliphatic heterocycles. The largest absolute Gasteiger partial charge is 0.416 e. The number of nitrogens with two attached hydrogens (primary N) is 1. The Labute approximate surface area is 115 Å². The second-order valence-electron chi connectivity index (χ2n) is 4.60. The van der Waals surface area contributed by atoms with Gasteiger partial charge in [-0.3, -0.25) is 0 Å². The van der Waals surface area contributed by atoms with Crippen LogP contribution >= 0.6 is 0 Å². The molecule has 0 spiro atoms. The van der Waals surface area contributed by atoms with Crippen LogP contribution in [-0.2, 0) is 10.9 Å². The van der Waals surface area contributed by atoms with Gasteiger partial charge in [0.25, 0.3) is 0 Å². The molecule has 0 radical (unpaired) electrons. The first-order valence-corrected chi connectivity index (χ1v) is 6.47. The van der Waals surface area contributed by atoms with E-state index in [9.17, 15) is 13.2 Å². The first-order valence-electron chi connectivity index (χ1n) is 6.47. The molecule has 4 nitrogen and oxygen atoms in total. The van der Waals surface area contributed by atoms with E-state index in [1.54, 1.807) is 6.07 Å². The smallest absolute Gasteiger partial charge is 0.379 e. The standard InChI is InChI=1S/C13H18F3N3O/c14-13(15,16)11-4-2-1-3-10(11)12(9-17)18-19-5-7-20-8-6-19/h1-4,12,18H,5-9,17H2. The molecule has 0 aromatic heterocycles. The van der Waals surface area contributed by atoms with Crippen molar-refractivity contribution < 1.29 is 17.9 Å². The van der Waals surface area contributed by atoms with Gasteiger partial charge in [0, 0.05) is 19.6 Å². The molecule has 2 rings (SSSR count). The summed E-state index contributed by atoms with van der Waals surface area (Å²) in [4.78, 5) is 0. The normalized spacial score (nSPS) is 19.0. The van der Waals surface area contributed by atoms with Crippen molar-refractivity contribution in [2.24, 2.45) is 5.73 Å². The van der Waals surface area contributed by atoms with E-state index >= 15 is 0 Å². The zero-order valence-corrected chi connectivity index (χ0v) is 11.0. The second-order valence-corrected chi connectivity index (χ2v) is 4.60. The molecule has 7 heteroatoms. The molecular weight excluding hydrogens is 271 g/mol. The van der Waals surface area contributed by atoms with Gasteiger partial charge in [-0.2, -0.15) is 13.2 Å². The van der Waals surface area contributed by atoms with Crippen molar-refractivity contribution in [3.05, 3.63) is 35.4 Å². The number of hydrogen-bond acceptors (Lipinski definition) is 4. The van der Waals surface area contributed by atoms with Gasteiger partial charge in [-0.25, -0.2) is 10.4 Å². The average Bonchev–Trinajstić information content (AvgIpc) is 2.45. The minimum atomic E-state index is -4.38. The van der Waals surface area contributed by atoms with Crippen LogP contribution in [0.25, 0.3) is 0 Å². The molecule has 0 amide bonds. The molecule has 1 aliphatic rings. The summed E-state index contributed by atoms with van der Waals surface area (Å²) in [5, 5.41) is 1.86. The molecule has 112 valence electrons. The molecule has 1 aromatic carbocycles. The maximum absolute atomic E-state index is 13.0. The third kappa shape index (κ3) is 3.69. The van der Waals surface area contributed by atoms with E-state index in [0.717, 1.165) is 6.07 Å². The molecule has 1 unspecified atom stereocenters. The van der Waals surface area contributed by atoms with Gasteiger partial charge in [0.15, 0.2) is 0 Å². The molecule has 1 atom stereocenters. The predicted octanol–water partition coefficient (Wildman–Crippen LogP) is 1.54. The van der Waals surface area contributed by atoms with Crippen LogP contribution in [0.5, 0.6) is 0 Å². The summed E-state index contributed by atoms with van der Waals surface area (Å²) in [6.45, 7) is 2.47. The number of halogens is 3. The molecule has 0 aliphatic carbocycles. The summed E-state index contributed by atoms with van der Waals surface area (Å²) in [5.74, 6) is 0. The first kappa shape index (κ1) is 15.2. The van der Waals surface area contributed by atoms with Gasteiger partial charge >= 0.3 is 6.18 Å². The minimum Gasteiger partial charge on any atom is -0.379 e. The monoisotopic (exact) mass is 289 g/mol. The molecule has 20 heavy (non-hydrogen) atoms. The van der Waals surface area contributed by atoms with Crippen LogP contribution in [0, 0.1) is 0 Å².